The van der Waals surface area contributed by atoms with Crippen LogP contribution in [0.25, 0.3) is 0 Å². The van der Waals surface area contributed by atoms with Crippen LogP contribution in [0.1, 0.15) is 40.5 Å². The number of hydrogen-bond acceptors (Lipinski definition) is 3. The van der Waals surface area contributed by atoms with E-state index < -0.39 is 0 Å². The second kappa shape index (κ2) is 4.40. The summed E-state index contributed by atoms with van der Waals surface area (Å²) in [5.74, 6) is 0. The second-order valence-electron chi connectivity index (χ2n) is 5.28. The lowest BCUT2D eigenvalue weighted by Gasteiger charge is -2.44. The van der Waals surface area contributed by atoms with Gasteiger partial charge in [-0.3, -0.25) is 0 Å². The highest BCUT2D eigenvalue weighted by Gasteiger charge is 2.35. The van der Waals surface area contributed by atoms with Crippen molar-refractivity contribution in [2.45, 2.75) is 64.8 Å². The number of nitrogens with zero attached hydrogens (tertiary/aromatic N) is 2. The molecule has 0 bridgehead atoms. The molecule has 2 aliphatic rings. The molecule has 2 heterocycles. The average molecular weight is 212 g/mol. The highest BCUT2D eigenvalue weighted by molar-refractivity contribution is 4.83. The first-order chi connectivity index (χ1) is 7.08. The lowest BCUT2D eigenvalue weighted by atomic mass is 10.2. The van der Waals surface area contributed by atoms with Crippen molar-refractivity contribution in [2.24, 2.45) is 0 Å². The van der Waals surface area contributed by atoms with E-state index >= 15 is 0 Å². The number of hydrazine groups is 1. The van der Waals surface area contributed by atoms with E-state index in [0.717, 1.165) is 13.1 Å². The number of ether oxygens (including phenoxy) is 1. The first kappa shape index (κ1) is 11.4. The molecule has 0 radical (unpaired) electrons. The van der Waals surface area contributed by atoms with Gasteiger partial charge in [0.2, 0.25) is 0 Å². The summed E-state index contributed by atoms with van der Waals surface area (Å²) in [5, 5.41) is 5.09. The summed E-state index contributed by atoms with van der Waals surface area (Å²) < 4.78 is 5.78. The SMILES string of the molecule is C[C@H]1CN(N2[C@@H](C)CC[C@@H]2C)C[C@H](C)O1. The predicted octanol–water partition coefficient (Wildman–Crippen LogP) is 1.88. The molecule has 0 saturated carbocycles. The minimum Gasteiger partial charge on any atom is -0.373 e. The smallest absolute Gasteiger partial charge is 0.0692 e. The summed E-state index contributed by atoms with van der Waals surface area (Å²) in [5.41, 5.74) is 0. The molecular formula is C12H24N2O. The van der Waals surface area contributed by atoms with Crippen LogP contribution < -0.4 is 0 Å². The van der Waals surface area contributed by atoms with Crippen LogP contribution in [0.2, 0.25) is 0 Å². The van der Waals surface area contributed by atoms with E-state index in [2.05, 4.69) is 37.7 Å². The van der Waals surface area contributed by atoms with Gasteiger partial charge in [-0.25, -0.2) is 10.0 Å². The predicted molar refractivity (Wildman–Crippen MR) is 61.6 cm³/mol. The van der Waals surface area contributed by atoms with E-state index in [4.69, 9.17) is 4.74 Å². The van der Waals surface area contributed by atoms with Gasteiger partial charge in [-0.1, -0.05) is 0 Å². The molecule has 2 rings (SSSR count). The van der Waals surface area contributed by atoms with Gasteiger partial charge in [-0.15, -0.1) is 0 Å². The molecule has 0 aromatic rings. The Morgan fingerprint density at radius 1 is 0.867 bits per heavy atom. The average Bonchev–Trinajstić information content (AvgIpc) is 2.44. The lowest BCUT2D eigenvalue weighted by Crippen LogP contribution is -2.56. The Balaban J connectivity index is 2.02. The number of morpholine rings is 1. The van der Waals surface area contributed by atoms with Gasteiger partial charge in [0.15, 0.2) is 0 Å². The van der Waals surface area contributed by atoms with E-state index in [-0.39, 0.29) is 0 Å². The zero-order valence-electron chi connectivity index (χ0n) is 10.4. The van der Waals surface area contributed by atoms with Gasteiger partial charge in [0.05, 0.1) is 12.2 Å². The molecule has 88 valence electrons. The Hall–Kier alpha value is -0.120. The number of hydrogen-bond donors (Lipinski definition) is 0. The van der Waals surface area contributed by atoms with Gasteiger partial charge in [-0.05, 0) is 40.5 Å². The molecule has 2 saturated heterocycles. The summed E-state index contributed by atoms with van der Waals surface area (Å²) in [7, 11) is 0. The van der Waals surface area contributed by atoms with Crippen molar-refractivity contribution in [3.63, 3.8) is 0 Å². The zero-order valence-corrected chi connectivity index (χ0v) is 10.4. The standard InChI is InChI=1S/C12H24N2O/c1-9-5-6-10(2)14(9)13-7-11(3)15-12(4)8-13/h9-12H,5-8H2,1-4H3/t9-,10-,11-,12-/m0/s1. The molecule has 0 N–H and O–H groups in total. The van der Waals surface area contributed by atoms with Gasteiger partial charge in [0.25, 0.3) is 0 Å². The van der Waals surface area contributed by atoms with Crippen molar-refractivity contribution >= 4 is 0 Å². The molecule has 0 aliphatic carbocycles. The van der Waals surface area contributed by atoms with E-state index in [1.165, 1.54) is 12.8 Å². The molecule has 3 heteroatoms. The van der Waals surface area contributed by atoms with Crippen LogP contribution in [0.4, 0.5) is 0 Å². The molecule has 0 amide bonds. The maximum Gasteiger partial charge on any atom is 0.0692 e. The van der Waals surface area contributed by atoms with Gasteiger partial charge < -0.3 is 4.74 Å². The van der Waals surface area contributed by atoms with Crippen LogP contribution in [-0.4, -0.2) is 47.4 Å². The minimum absolute atomic E-state index is 0.369. The molecule has 4 atom stereocenters. The van der Waals surface area contributed by atoms with Crippen molar-refractivity contribution in [3.8, 4) is 0 Å². The summed E-state index contributed by atoms with van der Waals surface area (Å²) in [4.78, 5) is 0. The van der Waals surface area contributed by atoms with E-state index in [1.807, 2.05) is 0 Å². The van der Waals surface area contributed by atoms with E-state index in [0.29, 0.717) is 24.3 Å². The minimum atomic E-state index is 0.369. The third-order valence-electron chi connectivity index (χ3n) is 3.63. The largest absolute Gasteiger partial charge is 0.373 e. The summed E-state index contributed by atoms with van der Waals surface area (Å²) >= 11 is 0. The second-order valence-corrected chi connectivity index (χ2v) is 5.28. The van der Waals surface area contributed by atoms with Crippen LogP contribution in [0, 0.1) is 0 Å². The van der Waals surface area contributed by atoms with Crippen molar-refractivity contribution in [2.75, 3.05) is 13.1 Å². The fourth-order valence-electron chi connectivity index (χ4n) is 3.08. The quantitative estimate of drug-likeness (QED) is 0.660. The summed E-state index contributed by atoms with van der Waals surface area (Å²) in [6.07, 6.45) is 3.41. The molecule has 15 heavy (non-hydrogen) atoms. The molecule has 0 unspecified atom stereocenters. The van der Waals surface area contributed by atoms with E-state index in [1.54, 1.807) is 0 Å². The van der Waals surface area contributed by atoms with Crippen LogP contribution >= 0.6 is 0 Å². The molecule has 2 fully saturated rings. The van der Waals surface area contributed by atoms with Crippen LogP contribution in [-0.2, 0) is 4.74 Å². The van der Waals surface area contributed by atoms with Crippen molar-refractivity contribution < 1.29 is 4.74 Å². The van der Waals surface area contributed by atoms with Gasteiger partial charge in [0.1, 0.15) is 0 Å². The number of rotatable bonds is 1. The monoisotopic (exact) mass is 212 g/mol. The maximum atomic E-state index is 5.78. The Morgan fingerprint density at radius 3 is 1.80 bits per heavy atom. The lowest BCUT2D eigenvalue weighted by molar-refractivity contribution is -0.160. The van der Waals surface area contributed by atoms with Crippen molar-refractivity contribution in [3.05, 3.63) is 0 Å². The fourth-order valence-corrected chi connectivity index (χ4v) is 3.08. The van der Waals surface area contributed by atoms with Crippen LogP contribution in [0.5, 0.6) is 0 Å². The first-order valence-corrected chi connectivity index (χ1v) is 6.26. The van der Waals surface area contributed by atoms with Gasteiger partial charge in [0, 0.05) is 25.2 Å². The Labute approximate surface area is 93.3 Å². The fraction of sp³-hybridized carbons (Fsp3) is 1.00. The Morgan fingerprint density at radius 2 is 1.33 bits per heavy atom. The molecule has 2 aliphatic heterocycles. The van der Waals surface area contributed by atoms with Gasteiger partial charge in [-0.2, -0.15) is 0 Å². The van der Waals surface area contributed by atoms with E-state index in [9.17, 15) is 0 Å². The summed E-state index contributed by atoms with van der Waals surface area (Å²) in [6, 6.07) is 1.41. The molecule has 0 spiro atoms. The summed E-state index contributed by atoms with van der Waals surface area (Å²) in [6.45, 7) is 11.1. The molecule has 0 aromatic carbocycles. The topological polar surface area (TPSA) is 15.7 Å². The van der Waals surface area contributed by atoms with Crippen molar-refractivity contribution in [1.82, 2.24) is 10.0 Å². The molecule has 0 aromatic heterocycles. The van der Waals surface area contributed by atoms with Crippen LogP contribution in [0.15, 0.2) is 0 Å². The van der Waals surface area contributed by atoms with Gasteiger partial charge >= 0.3 is 0 Å². The Kier molecular flexibility index (Phi) is 3.33. The Bertz CT molecular complexity index is 202. The van der Waals surface area contributed by atoms with Crippen molar-refractivity contribution in [1.29, 1.82) is 0 Å². The maximum absolute atomic E-state index is 5.78. The zero-order chi connectivity index (χ0) is 11.0. The third kappa shape index (κ3) is 2.35. The molecular weight excluding hydrogens is 188 g/mol. The molecule has 3 nitrogen and oxygen atoms in total. The highest BCUT2D eigenvalue weighted by Crippen LogP contribution is 2.27. The van der Waals surface area contributed by atoms with Crippen LogP contribution in [0.3, 0.4) is 0 Å². The highest BCUT2D eigenvalue weighted by atomic mass is 16.5. The third-order valence-corrected chi connectivity index (χ3v) is 3.63. The normalized spacial score (nSPS) is 44.8. The first-order valence-electron chi connectivity index (χ1n) is 6.26.